The smallest absolute Gasteiger partial charge is 0.339 e. The number of amides is 2. The molecule has 0 fully saturated rings. The molecule has 0 saturated heterocycles. The largest absolute Gasteiger partial charge is 1.00 e. The fraction of sp³-hybridized carbons (Fsp3) is 0.100. The number of halogens is 1. The van der Waals surface area contributed by atoms with Gasteiger partial charge in [0.2, 0.25) is 4.80 Å². The molecular formula is C20H20BrN4O2S-. The number of allylic oxidation sites excluding steroid dienone is 1. The number of rotatable bonds is 6. The van der Waals surface area contributed by atoms with Gasteiger partial charge in [0.15, 0.2) is 0 Å². The van der Waals surface area contributed by atoms with Crippen LogP contribution >= 0.6 is 11.3 Å². The lowest BCUT2D eigenvalue weighted by molar-refractivity contribution is -0.00000877. The topological polar surface area (TPSA) is 67.6 Å². The van der Waals surface area contributed by atoms with Crippen LogP contribution in [0.15, 0.2) is 77.7 Å². The highest BCUT2D eigenvalue weighted by Crippen LogP contribution is 2.23. The maximum Gasteiger partial charge on any atom is 0.339 e. The third-order valence-corrected chi connectivity index (χ3v) is 4.64. The van der Waals surface area contributed by atoms with Crippen LogP contribution in [0.25, 0.3) is 11.3 Å². The van der Waals surface area contributed by atoms with Gasteiger partial charge in [0.25, 0.3) is 0 Å². The number of carbonyl (C=O) groups is 1. The molecule has 0 aliphatic heterocycles. The van der Waals surface area contributed by atoms with Crippen LogP contribution in [0.1, 0.15) is 0 Å². The van der Waals surface area contributed by atoms with E-state index in [1.54, 1.807) is 13.2 Å². The van der Waals surface area contributed by atoms with Gasteiger partial charge in [-0.3, -0.25) is 0 Å². The lowest BCUT2D eigenvalue weighted by atomic mass is 10.1. The summed E-state index contributed by atoms with van der Waals surface area (Å²) in [7, 11) is 1.64. The molecule has 3 aromatic rings. The van der Waals surface area contributed by atoms with E-state index in [9.17, 15) is 4.79 Å². The quantitative estimate of drug-likeness (QED) is 0.427. The van der Waals surface area contributed by atoms with Crippen LogP contribution in [0, 0.1) is 0 Å². The summed E-state index contributed by atoms with van der Waals surface area (Å²) in [6, 6.07) is 16.6. The molecule has 2 aromatic carbocycles. The number of urea groups is 1. The first kappa shape index (κ1) is 21.5. The lowest BCUT2D eigenvalue weighted by Gasteiger charge is -2.08. The van der Waals surface area contributed by atoms with Gasteiger partial charge >= 0.3 is 6.03 Å². The van der Waals surface area contributed by atoms with Gasteiger partial charge in [-0.25, -0.2) is 10.2 Å². The maximum atomic E-state index is 12.0. The highest BCUT2D eigenvalue weighted by Gasteiger charge is 2.08. The number of hydrogen-bond donors (Lipinski definition) is 2. The van der Waals surface area contributed by atoms with Crippen molar-refractivity contribution in [3.63, 3.8) is 0 Å². The fourth-order valence-corrected chi connectivity index (χ4v) is 3.37. The van der Waals surface area contributed by atoms with Crippen LogP contribution in [-0.2, 0) is 6.54 Å². The molecule has 2 amide bonds. The Morgan fingerprint density at radius 3 is 2.57 bits per heavy atom. The van der Waals surface area contributed by atoms with E-state index < -0.39 is 6.03 Å². The van der Waals surface area contributed by atoms with E-state index in [1.807, 2.05) is 64.5 Å². The van der Waals surface area contributed by atoms with Crippen molar-refractivity contribution >= 4 is 23.1 Å². The van der Waals surface area contributed by atoms with Gasteiger partial charge in [0, 0.05) is 17.6 Å². The summed E-state index contributed by atoms with van der Waals surface area (Å²) < 4.78 is 7.20. The minimum Gasteiger partial charge on any atom is -1.00 e. The zero-order valence-corrected chi connectivity index (χ0v) is 17.7. The van der Waals surface area contributed by atoms with Crippen molar-refractivity contribution in [2.24, 2.45) is 5.10 Å². The molecule has 1 aromatic heterocycles. The first-order valence-corrected chi connectivity index (χ1v) is 9.18. The summed E-state index contributed by atoms with van der Waals surface area (Å²) in [5.74, 6) is 0.799. The van der Waals surface area contributed by atoms with Gasteiger partial charge in [0.05, 0.1) is 12.8 Å². The second-order valence-electron chi connectivity index (χ2n) is 5.58. The second kappa shape index (κ2) is 10.5. The van der Waals surface area contributed by atoms with E-state index >= 15 is 0 Å². The first-order valence-electron chi connectivity index (χ1n) is 8.30. The molecule has 1 heterocycles. The molecular weight excluding hydrogens is 440 g/mol. The number of hydrogen-bond acceptors (Lipinski definition) is 4. The number of ether oxygens (including phenoxy) is 1. The fourth-order valence-electron chi connectivity index (χ4n) is 2.50. The monoisotopic (exact) mass is 459 g/mol. The highest BCUT2D eigenvalue weighted by molar-refractivity contribution is 7.07. The average Bonchev–Trinajstić information content (AvgIpc) is 3.10. The van der Waals surface area contributed by atoms with E-state index in [0.29, 0.717) is 17.0 Å². The third kappa shape index (κ3) is 5.34. The van der Waals surface area contributed by atoms with Crippen LogP contribution in [0.4, 0.5) is 10.5 Å². The van der Waals surface area contributed by atoms with Crippen LogP contribution in [0.5, 0.6) is 5.75 Å². The highest BCUT2D eigenvalue weighted by atomic mass is 79.9. The van der Waals surface area contributed by atoms with Gasteiger partial charge in [-0.1, -0.05) is 24.3 Å². The van der Waals surface area contributed by atoms with E-state index in [1.165, 1.54) is 11.3 Å². The van der Waals surface area contributed by atoms with Crippen LogP contribution in [0.2, 0.25) is 0 Å². The van der Waals surface area contributed by atoms with Crippen molar-refractivity contribution < 1.29 is 26.5 Å². The second-order valence-corrected chi connectivity index (χ2v) is 6.41. The standard InChI is InChI=1S/C20H20N4O2S.BrH/c1-3-13-24-18(15-9-11-17(26-2)12-10-15)14-27-20(24)23-22-19(25)21-16-7-5-4-6-8-16;/h3-12,14H,1,13H2,2H3,(H2,21,22,25);1H/p-1/b23-20+;. The molecule has 0 spiro atoms. The SMILES string of the molecule is C=CCn1c(-c2ccc(OC)cc2)cs/c1=N/NC(=O)Nc1ccccc1.[Br-]. The number of thiazole rings is 1. The Kier molecular flexibility index (Phi) is 8.03. The van der Waals surface area contributed by atoms with Crippen LogP contribution in [-0.4, -0.2) is 17.7 Å². The summed E-state index contributed by atoms with van der Waals surface area (Å²) >= 11 is 1.44. The molecule has 0 saturated carbocycles. The van der Waals surface area contributed by atoms with Crippen molar-refractivity contribution in [1.29, 1.82) is 0 Å². The molecule has 146 valence electrons. The van der Waals surface area contributed by atoms with E-state index in [0.717, 1.165) is 17.0 Å². The summed E-state index contributed by atoms with van der Waals surface area (Å²) in [6.07, 6.45) is 1.79. The Morgan fingerprint density at radius 1 is 1.21 bits per heavy atom. The number of nitrogens with one attached hydrogen (secondary N) is 2. The molecule has 3 rings (SSSR count). The molecule has 0 bridgehead atoms. The summed E-state index contributed by atoms with van der Waals surface area (Å²) in [5.41, 5.74) is 5.27. The zero-order valence-electron chi connectivity index (χ0n) is 15.3. The van der Waals surface area contributed by atoms with Gasteiger partial charge in [0.1, 0.15) is 5.75 Å². The van der Waals surface area contributed by atoms with Crippen LogP contribution in [0.3, 0.4) is 0 Å². The number of carbonyl (C=O) groups excluding carboxylic acids is 1. The van der Waals surface area contributed by atoms with Crippen molar-refractivity contribution in [3.8, 4) is 17.0 Å². The molecule has 8 heteroatoms. The molecule has 28 heavy (non-hydrogen) atoms. The van der Waals surface area contributed by atoms with Gasteiger partial charge in [-0.05, 0) is 42.0 Å². The van der Waals surface area contributed by atoms with Crippen molar-refractivity contribution in [3.05, 3.63) is 77.4 Å². The molecule has 0 unspecified atom stereocenters. The number of methoxy groups -OCH3 is 1. The summed E-state index contributed by atoms with van der Waals surface area (Å²) in [4.78, 5) is 12.7. The van der Waals surface area contributed by atoms with Crippen molar-refractivity contribution in [2.75, 3.05) is 12.4 Å². The first-order chi connectivity index (χ1) is 13.2. The Morgan fingerprint density at radius 2 is 1.93 bits per heavy atom. The number of benzene rings is 2. The van der Waals surface area contributed by atoms with Crippen molar-refractivity contribution in [2.45, 2.75) is 6.54 Å². The van der Waals surface area contributed by atoms with E-state index in [-0.39, 0.29) is 17.0 Å². The van der Waals surface area contributed by atoms with Gasteiger partial charge in [-0.15, -0.1) is 23.0 Å². The Balaban J connectivity index is 0.00000280. The summed E-state index contributed by atoms with van der Waals surface area (Å²) in [6.45, 7) is 4.39. The minimum atomic E-state index is -0.397. The maximum absolute atomic E-state index is 12.0. The Labute approximate surface area is 178 Å². The number of aromatic nitrogens is 1. The van der Waals surface area contributed by atoms with Crippen LogP contribution < -0.4 is 37.3 Å². The Hall–Kier alpha value is -2.84. The van der Waals surface area contributed by atoms with E-state index in [2.05, 4.69) is 22.4 Å². The molecule has 0 aliphatic carbocycles. The molecule has 6 nitrogen and oxygen atoms in total. The third-order valence-electron chi connectivity index (χ3n) is 3.78. The lowest BCUT2D eigenvalue weighted by Crippen LogP contribution is -3.00. The molecule has 0 radical (unpaired) electrons. The number of para-hydroxylation sites is 1. The normalized spacial score (nSPS) is 10.7. The molecule has 0 atom stereocenters. The van der Waals surface area contributed by atoms with Gasteiger partial charge < -0.3 is 31.6 Å². The Bertz CT molecular complexity index is 981. The predicted molar refractivity (Wildman–Crippen MR) is 109 cm³/mol. The predicted octanol–water partition coefficient (Wildman–Crippen LogP) is 1.05. The zero-order chi connectivity index (χ0) is 19.1. The minimum absolute atomic E-state index is 0. The van der Waals surface area contributed by atoms with E-state index in [4.69, 9.17) is 4.74 Å². The number of anilines is 1. The average molecular weight is 460 g/mol. The van der Waals surface area contributed by atoms with Gasteiger partial charge in [-0.2, -0.15) is 0 Å². The van der Waals surface area contributed by atoms with Crippen molar-refractivity contribution in [1.82, 2.24) is 9.99 Å². The number of nitrogens with zero attached hydrogens (tertiary/aromatic N) is 2. The molecule has 0 aliphatic rings. The molecule has 2 N–H and O–H groups in total. The summed E-state index contributed by atoms with van der Waals surface area (Å²) in [5, 5.41) is 8.98.